The number of benzene rings is 1. The molecule has 5 nitrogen and oxygen atoms in total. The summed E-state index contributed by atoms with van der Waals surface area (Å²) in [6.45, 7) is 4.41. The first-order valence-electron chi connectivity index (χ1n) is 6.45. The standard InChI is InChI=1S/C15H18N2O3/c1-10(2)14-13(15(18)19)9-17(16-14)8-11-4-6-12(20-3)7-5-11/h4-7,9-10H,8H2,1-3H3,(H,18,19). The number of hydrogen-bond acceptors (Lipinski definition) is 3. The predicted octanol–water partition coefficient (Wildman–Crippen LogP) is 2.76. The Morgan fingerprint density at radius 3 is 2.45 bits per heavy atom. The second kappa shape index (κ2) is 5.77. The van der Waals surface area contributed by atoms with Crippen molar-refractivity contribution in [1.29, 1.82) is 0 Å². The Bertz CT molecular complexity index is 600. The monoisotopic (exact) mass is 274 g/mol. The highest BCUT2D eigenvalue weighted by atomic mass is 16.5. The zero-order chi connectivity index (χ0) is 14.7. The first-order chi connectivity index (χ1) is 9.51. The maximum atomic E-state index is 11.2. The largest absolute Gasteiger partial charge is 0.497 e. The Kier molecular flexibility index (Phi) is 4.08. The van der Waals surface area contributed by atoms with Gasteiger partial charge in [0.15, 0.2) is 0 Å². The molecule has 0 spiro atoms. The molecule has 0 saturated heterocycles. The molecule has 1 aromatic carbocycles. The van der Waals surface area contributed by atoms with Crippen molar-refractivity contribution in [1.82, 2.24) is 9.78 Å². The molecule has 2 rings (SSSR count). The van der Waals surface area contributed by atoms with Gasteiger partial charge >= 0.3 is 5.97 Å². The van der Waals surface area contributed by atoms with E-state index in [1.807, 2.05) is 38.1 Å². The zero-order valence-corrected chi connectivity index (χ0v) is 11.8. The summed E-state index contributed by atoms with van der Waals surface area (Å²) in [6.07, 6.45) is 1.59. The molecular weight excluding hydrogens is 256 g/mol. The van der Waals surface area contributed by atoms with Gasteiger partial charge in [0.05, 0.1) is 19.3 Å². The molecule has 0 amide bonds. The molecule has 20 heavy (non-hydrogen) atoms. The van der Waals surface area contributed by atoms with Crippen LogP contribution in [0, 0.1) is 0 Å². The van der Waals surface area contributed by atoms with Crippen molar-refractivity contribution >= 4 is 5.97 Å². The minimum absolute atomic E-state index is 0.0817. The minimum Gasteiger partial charge on any atom is -0.497 e. The number of rotatable bonds is 5. The molecule has 0 fully saturated rings. The highest BCUT2D eigenvalue weighted by molar-refractivity contribution is 5.88. The lowest BCUT2D eigenvalue weighted by atomic mass is 10.1. The first-order valence-corrected chi connectivity index (χ1v) is 6.45. The van der Waals surface area contributed by atoms with Crippen molar-refractivity contribution in [3.63, 3.8) is 0 Å². The van der Waals surface area contributed by atoms with Crippen molar-refractivity contribution < 1.29 is 14.6 Å². The van der Waals surface area contributed by atoms with Crippen molar-refractivity contribution in [3.05, 3.63) is 47.3 Å². The Morgan fingerprint density at radius 2 is 2.00 bits per heavy atom. The van der Waals surface area contributed by atoms with Gasteiger partial charge in [-0.3, -0.25) is 4.68 Å². The van der Waals surface area contributed by atoms with E-state index < -0.39 is 5.97 Å². The third-order valence-corrected chi connectivity index (χ3v) is 3.07. The summed E-state index contributed by atoms with van der Waals surface area (Å²) in [6, 6.07) is 7.63. The lowest BCUT2D eigenvalue weighted by Gasteiger charge is -2.04. The van der Waals surface area contributed by atoms with Gasteiger partial charge in [-0.2, -0.15) is 5.10 Å². The Labute approximate surface area is 117 Å². The van der Waals surface area contributed by atoms with E-state index in [4.69, 9.17) is 4.74 Å². The van der Waals surface area contributed by atoms with Gasteiger partial charge in [-0.25, -0.2) is 4.79 Å². The van der Waals surface area contributed by atoms with Crippen LogP contribution in [-0.2, 0) is 6.54 Å². The summed E-state index contributed by atoms with van der Waals surface area (Å²) in [5.41, 5.74) is 1.93. The Hall–Kier alpha value is -2.30. The fourth-order valence-corrected chi connectivity index (χ4v) is 2.03. The number of nitrogens with zero attached hydrogens (tertiary/aromatic N) is 2. The van der Waals surface area contributed by atoms with Crippen LogP contribution in [0.4, 0.5) is 0 Å². The van der Waals surface area contributed by atoms with E-state index in [9.17, 15) is 9.90 Å². The summed E-state index contributed by atoms with van der Waals surface area (Å²) >= 11 is 0. The second-order valence-electron chi connectivity index (χ2n) is 4.93. The van der Waals surface area contributed by atoms with Crippen LogP contribution >= 0.6 is 0 Å². The predicted molar refractivity (Wildman–Crippen MR) is 75.4 cm³/mol. The molecule has 2 aromatic rings. The van der Waals surface area contributed by atoms with Crippen LogP contribution < -0.4 is 4.74 Å². The number of carboxylic acid groups (broad SMARTS) is 1. The van der Waals surface area contributed by atoms with Crippen LogP contribution in [-0.4, -0.2) is 28.0 Å². The molecule has 0 saturated carbocycles. The van der Waals surface area contributed by atoms with Crippen LogP contribution in [0.25, 0.3) is 0 Å². The molecule has 0 aliphatic heterocycles. The van der Waals surface area contributed by atoms with Crippen molar-refractivity contribution in [3.8, 4) is 5.75 Å². The van der Waals surface area contributed by atoms with Crippen LogP contribution in [0.5, 0.6) is 5.75 Å². The zero-order valence-electron chi connectivity index (χ0n) is 11.8. The normalized spacial score (nSPS) is 10.8. The van der Waals surface area contributed by atoms with E-state index in [1.165, 1.54) is 0 Å². The molecule has 1 aromatic heterocycles. The van der Waals surface area contributed by atoms with Gasteiger partial charge < -0.3 is 9.84 Å². The fourth-order valence-electron chi connectivity index (χ4n) is 2.03. The topological polar surface area (TPSA) is 64.3 Å². The van der Waals surface area contributed by atoms with Crippen LogP contribution in [0.1, 0.15) is 41.4 Å². The van der Waals surface area contributed by atoms with Crippen molar-refractivity contribution in [2.75, 3.05) is 7.11 Å². The molecule has 106 valence electrons. The quantitative estimate of drug-likeness (QED) is 0.910. The third kappa shape index (κ3) is 2.99. The molecular formula is C15H18N2O3. The number of aromatic carboxylic acids is 1. The van der Waals surface area contributed by atoms with E-state index in [-0.39, 0.29) is 11.5 Å². The van der Waals surface area contributed by atoms with Gasteiger partial charge in [0.2, 0.25) is 0 Å². The Balaban J connectivity index is 2.24. The SMILES string of the molecule is COc1ccc(Cn2cc(C(=O)O)c(C(C)C)n2)cc1. The number of aromatic nitrogens is 2. The van der Waals surface area contributed by atoms with Crippen molar-refractivity contribution in [2.45, 2.75) is 26.3 Å². The maximum Gasteiger partial charge on any atom is 0.339 e. The fraction of sp³-hybridized carbons (Fsp3) is 0.333. The average Bonchev–Trinajstić information content (AvgIpc) is 2.84. The van der Waals surface area contributed by atoms with Gasteiger partial charge in [-0.1, -0.05) is 26.0 Å². The van der Waals surface area contributed by atoms with Gasteiger partial charge in [0, 0.05) is 6.20 Å². The van der Waals surface area contributed by atoms with Gasteiger partial charge in [-0.05, 0) is 23.6 Å². The molecule has 0 unspecified atom stereocenters. The lowest BCUT2D eigenvalue weighted by Crippen LogP contribution is -2.02. The van der Waals surface area contributed by atoms with E-state index in [1.54, 1.807) is 18.0 Å². The van der Waals surface area contributed by atoms with Crippen LogP contribution in [0.2, 0.25) is 0 Å². The highest BCUT2D eigenvalue weighted by Gasteiger charge is 2.17. The lowest BCUT2D eigenvalue weighted by molar-refractivity contribution is 0.0695. The number of carboxylic acids is 1. The van der Waals surface area contributed by atoms with E-state index in [0.717, 1.165) is 11.3 Å². The molecule has 0 atom stereocenters. The van der Waals surface area contributed by atoms with E-state index in [2.05, 4.69) is 5.10 Å². The number of hydrogen-bond donors (Lipinski definition) is 1. The molecule has 5 heteroatoms. The molecule has 0 aliphatic rings. The summed E-state index contributed by atoms with van der Waals surface area (Å²) in [7, 11) is 1.62. The van der Waals surface area contributed by atoms with Crippen molar-refractivity contribution in [2.24, 2.45) is 0 Å². The summed E-state index contributed by atoms with van der Waals surface area (Å²) in [5.74, 6) is -0.0591. The minimum atomic E-state index is -0.935. The number of ether oxygens (including phenoxy) is 1. The second-order valence-corrected chi connectivity index (χ2v) is 4.93. The Morgan fingerprint density at radius 1 is 1.35 bits per heavy atom. The smallest absolute Gasteiger partial charge is 0.339 e. The summed E-state index contributed by atoms with van der Waals surface area (Å²) in [4.78, 5) is 11.2. The number of methoxy groups -OCH3 is 1. The van der Waals surface area contributed by atoms with Crippen LogP contribution in [0.15, 0.2) is 30.5 Å². The molecule has 1 heterocycles. The summed E-state index contributed by atoms with van der Waals surface area (Å²) in [5, 5.41) is 13.6. The highest BCUT2D eigenvalue weighted by Crippen LogP contribution is 2.19. The molecule has 0 aliphatic carbocycles. The molecule has 0 radical (unpaired) electrons. The maximum absolute atomic E-state index is 11.2. The molecule has 1 N–H and O–H groups in total. The first kappa shape index (κ1) is 14.1. The van der Waals surface area contributed by atoms with E-state index >= 15 is 0 Å². The molecule has 0 bridgehead atoms. The summed E-state index contributed by atoms with van der Waals surface area (Å²) < 4.78 is 6.77. The van der Waals surface area contributed by atoms with Gasteiger partial charge in [0.1, 0.15) is 11.3 Å². The average molecular weight is 274 g/mol. The van der Waals surface area contributed by atoms with E-state index in [0.29, 0.717) is 12.2 Å². The van der Waals surface area contributed by atoms with Gasteiger partial charge in [-0.15, -0.1) is 0 Å². The third-order valence-electron chi connectivity index (χ3n) is 3.07. The number of carbonyl (C=O) groups is 1. The van der Waals surface area contributed by atoms with Crippen LogP contribution in [0.3, 0.4) is 0 Å². The van der Waals surface area contributed by atoms with Gasteiger partial charge in [0.25, 0.3) is 0 Å².